The zero-order valence-electron chi connectivity index (χ0n) is 12.6. The number of benzene rings is 1. The third-order valence-corrected chi connectivity index (χ3v) is 3.36. The number of rotatable bonds is 10. The monoisotopic (exact) mass is 278 g/mol. The van der Waals surface area contributed by atoms with Crippen LogP contribution >= 0.6 is 0 Å². The highest BCUT2D eigenvalue weighted by Gasteiger charge is 2.13. The number of hydrogen-bond donors (Lipinski definition) is 0. The molecule has 3 nitrogen and oxygen atoms in total. The molecule has 0 fully saturated rings. The zero-order chi connectivity index (χ0) is 14.6. The summed E-state index contributed by atoms with van der Waals surface area (Å²) in [5.41, 5.74) is 0.631. The van der Waals surface area contributed by atoms with Gasteiger partial charge >= 0.3 is 5.97 Å². The molecule has 0 N–H and O–H groups in total. The quantitative estimate of drug-likeness (QED) is 0.475. The molecule has 112 valence electrons. The highest BCUT2D eigenvalue weighted by molar-refractivity contribution is 5.89. The average molecular weight is 278 g/mol. The summed E-state index contributed by atoms with van der Waals surface area (Å²) < 4.78 is 10.6. The van der Waals surface area contributed by atoms with Gasteiger partial charge in [0.1, 0.15) is 6.10 Å². The summed E-state index contributed by atoms with van der Waals surface area (Å²) in [6.45, 7) is 2.90. The molecule has 0 amide bonds. The van der Waals surface area contributed by atoms with Crippen molar-refractivity contribution in [3.8, 4) is 0 Å². The van der Waals surface area contributed by atoms with Crippen LogP contribution in [-0.4, -0.2) is 25.8 Å². The van der Waals surface area contributed by atoms with Gasteiger partial charge in [0.05, 0.1) is 5.56 Å². The van der Waals surface area contributed by atoms with E-state index < -0.39 is 0 Å². The number of ether oxygens (including phenoxy) is 2. The molecule has 0 bridgehead atoms. The smallest absolute Gasteiger partial charge is 0.338 e. The zero-order valence-corrected chi connectivity index (χ0v) is 12.6. The SMILES string of the molecule is CCC(CCCCCCOC)OC(=O)c1ccccc1. The minimum absolute atomic E-state index is 0.0325. The lowest BCUT2D eigenvalue weighted by Gasteiger charge is -2.16. The van der Waals surface area contributed by atoms with Gasteiger partial charge < -0.3 is 9.47 Å². The van der Waals surface area contributed by atoms with Crippen molar-refractivity contribution in [3.63, 3.8) is 0 Å². The first kappa shape index (κ1) is 16.7. The molecule has 1 aromatic carbocycles. The van der Waals surface area contributed by atoms with E-state index in [1.165, 1.54) is 12.8 Å². The van der Waals surface area contributed by atoms with E-state index in [2.05, 4.69) is 6.92 Å². The van der Waals surface area contributed by atoms with Gasteiger partial charge in [-0.25, -0.2) is 4.79 Å². The third kappa shape index (κ3) is 6.71. The lowest BCUT2D eigenvalue weighted by atomic mass is 10.1. The largest absolute Gasteiger partial charge is 0.459 e. The van der Waals surface area contributed by atoms with Crippen LogP contribution in [0.3, 0.4) is 0 Å². The lowest BCUT2D eigenvalue weighted by Crippen LogP contribution is -2.17. The van der Waals surface area contributed by atoms with Gasteiger partial charge in [0, 0.05) is 13.7 Å². The molecular weight excluding hydrogens is 252 g/mol. The summed E-state index contributed by atoms with van der Waals surface area (Å²) in [5, 5.41) is 0. The molecule has 0 aliphatic heterocycles. The van der Waals surface area contributed by atoms with Crippen molar-refractivity contribution < 1.29 is 14.3 Å². The average Bonchev–Trinajstić information content (AvgIpc) is 2.50. The van der Waals surface area contributed by atoms with E-state index in [4.69, 9.17) is 9.47 Å². The number of methoxy groups -OCH3 is 1. The Labute approximate surface area is 122 Å². The summed E-state index contributed by atoms with van der Waals surface area (Å²) in [6.07, 6.45) is 6.41. The Morgan fingerprint density at radius 3 is 2.45 bits per heavy atom. The Hall–Kier alpha value is -1.35. The summed E-state index contributed by atoms with van der Waals surface area (Å²) >= 11 is 0. The summed E-state index contributed by atoms with van der Waals surface area (Å²) in [6, 6.07) is 9.19. The second-order valence-electron chi connectivity index (χ2n) is 5.00. The first-order valence-electron chi connectivity index (χ1n) is 7.53. The van der Waals surface area contributed by atoms with Crippen molar-refractivity contribution in [1.82, 2.24) is 0 Å². The molecule has 0 aliphatic rings. The fourth-order valence-corrected chi connectivity index (χ4v) is 2.11. The summed E-state index contributed by atoms with van der Waals surface area (Å²) in [7, 11) is 1.73. The van der Waals surface area contributed by atoms with Gasteiger partial charge in [0.15, 0.2) is 0 Å². The standard InChI is InChI=1S/C17H26O3/c1-3-16(13-9-4-5-10-14-19-2)20-17(18)15-11-7-6-8-12-15/h6-8,11-12,16H,3-5,9-10,13-14H2,1-2H3. The molecule has 1 rings (SSSR count). The molecule has 0 aromatic heterocycles. The number of carbonyl (C=O) groups excluding carboxylic acids is 1. The normalized spacial score (nSPS) is 12.1. The van der Waals surface area contributed by atoms with Crippen molar-refractivity contribution in [2.45, 2.75) is 51.6 Å². The molecule has 0 saturated heterocycles. The highest BCUT2D eigenvalue weighted by atomic mass is 16.5. The molecule has 1 atom stereocenters. The van der Waals surface area contributed by atoms with Gasteiger partial charge in [-0.15, -0.1) is 0 Å². The van der Waals surface area contributed by atoms with Gasteiger partial charge in [0.25, 0.3) is 0 Å². The minimum Gasteiger partial charge on any atom is -0.459 e. The van der Waals surface area contributed by atoms with Crippen molar-refractivity contribution in [2.75, 3.05) is 13.7 Å². The van der Waals surface area contributed by atoms with Crippen LogP contribution in [0.4, 0.5) is 0 Å². The van der Waals surface area contributed by atoms with Crippen LogP contribution in [0.15, 0.2) is 30.3 Å². The highest BCUT2D eigenvalue weighted by Crippen LogP contribution is 2.13. The van der Waals surface area contributed by atoms with E-state index in [9.17, 15) is 4.79 Å². The Bertz CT molecular complexity index is 362. The first-order valence-corrected chi connectivity index (χ1v) is 7.53. The van der Waals surface area contributed by atoms with Crippen LogP contribution in [0.25, 0.3) is 0 Å². The molecule has 0 heterocycles. The molecule has 20 heavy (non-hydrogen) atoms. The molecule has 3 heteroatoms. The van der Waals surface area contributed by atoms with E-state index in [0.29, 0.717) is 5.56 Å². The topological polar surface area (TPSA) is 35.5 Å². The van der Waals surface area contributed by atoms with Crippen LogP contribution in [-0.2, 0) is 9.47 Å². The molecule has 0 aliphatic carbocycles. The van der Waals surface area contributed by atoms with Gasteiger partial charge in [-0.05, 0) is 37.8 Å². The minimum atomic E-state index is -0.211. The van der Waals surface area contributed by atoms with Crippen LogP contribution in [0.5, 0.6) is 0 Å². The van der Waals surface area contributed by atoms with E-state index in [1.807, 2.05) is 18.2 Å². The van der Waals surface area contributed by atoms with Crippen molar-refractivity contribution >= 4 is 5.97 Å². The fraction of sp³-hybridized carbons (Fsp3) is 0.588. The molecule has 0 radical (unpaired) electrons. The molecule has 1 aromatic rings. The number of esters is 1. The Morgan fingerprint density at radius 2 is 1.80 bits per heavy atom. The Balaban J connectivity index is 2.24. The van der Waals surface area contributed by atoms with Crippen LogP contribution in [0.2, 0.25) is 0 Å². The summed E-state index contributed by atoms with van der Waals surface area (Å²) in [5.74, 6) is -0.211. The fourth-order valence-electron chi connectivity index (χ4n) is 2.11. The Morgan fingerprint density at radius 1 is 1.10 bits per heavy atom. The van der Waals surface area contributed by atoms with Gasteiger partial charge in [-0.2, -0.15) is 0 Å². The second-order valence-corrected chi connectivity index (χ2v) is 5.00. The maximum atomic E-state index is 11.9. The summed E-state index contributed by atoms with van der Waals surface area (Å²) in [4.78, 5) is 11.9. The van der Waals surface area contributed by atoms with E-state index in [0.717, 1.165) is 32.3 Å². The van der Waals surface area contributed by atoms with Gasteiger partial charge in [-0.3, -0.25) is 0 Å². The predicted molar refractivity (Wildman–Crippen MR) is 80.9 cm³/mol. The van der Waals surface area contributed by atoms with E-state index in [1.54, 1.807) is 19.2 Å². The number of carbonyl (C=O) groups is 1. The second kappa shape index (κ2) is 10.4. The molecule has 0 spiro atoms. The Kier molecular flexibility index (Phi) is 8.72. The molecule has 1 unspecified atom stereocenters. The van der Waals surface area contributed by atoms with Crippen molar-refractivity contribution in [3.05, 3.63) is 35.9 Å². The first-order chi connectivity index (χ1) is 9.77. The number of hydrogen-bond acceptors (Lipinski definition) is 3. The van der Waals surface area contributed by atoms with Crippen LogP contribution in [0.1, 0.15) is 55.8 Å². The molecule has 0 saturated carbocycles. The van der Waals surface area contributed by atoms with Crippen molar-refractivity contribution in [1.29, 1.82) is 0 Å². The third-order valence-electron chi connectivity index (χ3n) is 3.36. The van der Waals surface area contributed by atoms with E-state index in [-0.39, 0.29) is 12.1 Å². The lowest BCUT2D eigenvalue weighted by molar-refractivity contribution is 0.0267. The van der Waals surface area contributed by atoms with Gasteiger partial charge in [0.2, 0.25) is 0 Å². The maximum absolute atomic E-state index is 11.9. The number of unbranched alkanes of at least 4 members (excludes halogenated alkanes) is 3. The van der Waals surface area contributed by atoms with Crippen molar-refractivity contribution in [2.24, 2.45) is 0 Å². The van der Waals surface area contributed by atoms with E-state index >= 15 is 0 Å². The molecular formula is C17H26O3. The predicted octanol–water partition coefficient (Wildman–Crippen LogP) is 4.22. The maximum Gasteiger partial charge on any atom is 0.338 e. The van der Waals surface area contributed by atoms with Crippen LogP contribution < -0.4 is 0 Å². The van der Waals surface area contributed by atoms with Gasteiger partial charge in [-0.1, -0.05) is 38.0 Å². The van der Waals surface area contributed by atoms with Crippen LogP contribution in [0, 0.1) is 0 Å².